The molecule has 0 aliphatic heterocycles. The number of amides is 1. The molecule has 0 spiro atoms. The molecular formula is C21H20FN3O3. The molecule has 7 heteroatoms. The summed E-state index contributed by atoms with van der Waals surface area (Å²) in [7, 11) is 3.06. The molecular weight excluding hydrogens is 361 g/mol. The van der Waals surface area contributed by atoms with Gasteiger partial charge in [0.2, 0.25) is 0 Å². The summed E-state index contributed by atoms with van der Waals surface area (Å²) in [6.07, 6.45) is 1.53. The molecule has 144 valence electrons. The summed E-state index contributed by atoms with van der Waals surface area (Å²) >= 11 is 0. The van der Waals surface area contributed by atoms with Crippen LogP contribution in [0.5, 0.6) is 11.5 Å². The standard InChI is InChI=1S/C21H20FN3O3/c1-27-16-8-10-20(28-2)19(11-16)25-21(26)18-9-7-15(13-24-18)23-12-14-5-3-4-6-17(14)22/h3-11,13,23H,12H2,1-2H3,(H,25,26). The van der Waals surface area contributed by atoms with Crippen LogP contribution in [-0.2, 0) is 6.54 Å². The number of benzene rings is 2. The molecule has 0 aliphatic rings. The number of nitrogens with one attached hydrogen (secondary N) is 2. The van der Waals surface area contributed by atoms with Crippen LogP contribution in [0.15, 0.2) is 60.8 Å². The number of pyridine rings is 1. The Kier molecular flexibility index (Phi) is 6.06. The maximum Gasteiger partial charge on any atom is 0.274 e. The normalized spacial score (nSPS) is 10.2. The Morgan fingerprint density at radius 2 is 1.89 bits per heavy atom. The summed E-state index contributed by atoms with van der Waals surface area (Å²) in [6.45, 7) is 0.320. The number of methoxy groups -OCH3 is 2. The third-order valence-electron chi connectivity index (χ3n) is 4.09. The van der Waals surface area contributed by atoms with E-state index in [9.17, 15) is 9.18 Å². The predicted octanol–water partition coefficient (Wildman–Crippen LogP) is 4.10. The molecule has 0 saturated heterocycles. The van der Waals surface area contributed by atoms with Gasteiger partial charge in [-0.1, -0.05) is 18.2 Å². The van der Waals surface area contributed by atoms with Gasteiger partial charge < -0.3 is 20.1 Å². The fourth-order valence-electron chi connectivity index (χ4n) is 2.57. The van der Waals surface area contributed by atoms with E-state index in [1.54, 1.807) is 55.6 Å². The molecule has 6 nitrogen and oxygen atoms in total. The van der Waals surface area contributed by atoms with Gasteiger partial charge in [0.1, 0.15) is 23.0 Å². The maximum atomic E-state index is 13.7. The molecule has 3 rings (SSSR count). The molecule has 0 fully saturated rings. The molecule has 0 unspecified atom stereocenters. The van der Waals surface area contributed by atoms with Crippen LogP contribution >= 0.6 is 0 Å². The minimum absolute atomic E-state index is 0.237. The van der Waals surface area contributed by atoms with E-state index >= 15 is 0 Å². The third-order valence-corrected chi connectivity index (χ3v) is 4.09. The zero-order valence-corrected chi connectivity index (χ0v) is 15.5. The number of carbonyl (C=O) groups is 1. The lowest BCUT2D eigenvalue weighted by Crippen LogP contribution is -2.14. The number of carbonyl (C=O) groups excluding carboxylic acids is 1. The summed E-state index contributed by atoms with van der Waals surface area (Å²) in [5, 5.41) is 5.84. The number of rotatable bonds is 7. The quantitative estimate of drug-likeness (QED) is 0.645. The highest BCUT2D eigenvalue weighted by atomic mass is 19.1. The third kappa shape index (κ3) is 4.56. The average Bonchev–Trinajstić information content (AvgIpc) is 2.73. The number of anilines is 2. The molecule has 3 aromatic rings. The van der Waals surface area contributed by atoms with E-state index in [-0.39, 0.29) is 17.4 Å². The van der Waals surface area contributed by atoms with Crippen LogP contribution in [0, 0.1) is 5.82 Å². The lowest BCUT2D eigenvalue weighted by molar-refractivity contribution is 0.102. The van der Waals surface area contributed by atoms with Gasteiger partial charge in [-0.25, -0.2) is 9.37 Å². The first-order valence-electron chi connectivity index (χ1n) is 8.57. The van der Waals surface area contributed by atoms with E-state index in [4.69, 9.17) is 9.47 Å². The second-order valence-corrected chi connectivity index (χ2v) is 5.90. The first kappa shape index (κ1) is 19.2. The van der Waals surface area contributed by atoms with E-state index in [1.807, 2.05) is 0 Å². The Hall–Kier alpha value is -3.61. The zero-order valence-electron chi connectivity index (χ0n) is 15.5. The smallest absolute Gasteiger partial charge is 0.274 e. The molecule has 0 radical (unpaired) electrons. The minimum Gasteiger partial charge on any atom is -0.497 e. The maximum absolute atomic E-state index is 13.7. The monoisotopic (exact) mass is 381 g/mol. The van der Waals surface area contributed by atoms with Crippen molar-refractivity contribution in [3.8, 4) is 11.5 Å². The lowest BCUT2D eigenvalue weighted by atomic mass is 10.2. The molecule has 2 N–H and O–H groups in total. The van der Waals surface area contributed by atoms with Gasteiger partial charge in [0.25, 0.3) is 5.91 Å². The van der Waals surface area contributed by atoms with Crippen LogP contribution in [0.2, 0.25) is 0 Å². The number of hydrogen-bond acceptors (Lipinski definition) is 5. The number of halogens is 1. The van der Waals surface area contributed by atoms with Gasteiger partial charge in [0, 0.05) is 18.2 Å². The summed E-state index contributed by atoms with van der Waals surface area (Å²) in [4.78, 5) is 16.6. The number of hydrogen-bond donors (Lipinski definition) is 2. The van der Waals surface area contributed by atoms with Crippen LogP contribution < -0.4 is 20.1 Å². The Bertz CT molecular complexity index is 961. The van der Waals surface area contributed by atoms with Gasteiger partial charge in [-0.2, -0.15) is 0 Å². The first-order chi connectivity index (χ1) is 13.6. The Morgan fingerprint density at radius 1 is 1.07 bits per heavy atom. The SMILES string of the molecule is COc1ccc(OC)c(NC(=O)c2ccc(NCc3ccccc3F)cn2)c1. The predicted molar refractivity (Wildman–Crippen MR) is 105 cm³/mol. The van der Waals surface area contributed by atoms with Crippen molar-refractivity contribution in [3.63, 3.8) is 0 Å². The van der Waals surface area contributed by atoms with E-state index < -0.39 is 0 Å². The molecule has 28 heavy (non-hydrogen) atoms. The van der Waals surface area contributed by atoms with Crippen molar-refractivity contribution in [1.29, 1.82) is 0 Å². The molecule has 0 aliphatic carbocycles. The molecule has 0 saturated carbocycles. The van der Waals surface area contributed by atoms with Crippen molar-refractivity contribution in [2.24, 2.45) is 0 Å². The molecule has 1 aromatic heterocycles. The van der Waals surface area contributed by atoms with Crippen LogP contribution in [0.3, 0.4) is 0 Å². The molecule has 2 aromatic carbocycles. The Morgan fingerprint density at radius 3 is 2.57 bits per heavy atom. The highest BCUT2D eigenvalue weighted by Crippen LogP contribution is 2.29. The van der Waals surface area contributed by atoms with E-state index in [2.05, 4.69) is 15.6 Å². The highest BCUT2D eigenvalue weighted by Gasteiger charge is 2.12. The summed E-state index contributed by atoms with van der Waals surface area (Å²) in [5.74, 6) is 0.451. The van der Waals surface area contributed by atoms with E-state index in [1.165, 1.54) is 19.4 Å². The van der Waals surface area contributed by atoms with Crippen LogP contribution in [0.4, 0.5) is 15.8 Å². The van der Waals surface area contributed by atoms with Crippen molar-refractivity contribution in [1.82, 2.24) is 4.98 Å². The van der Waals surface area contributed by atoms with Gasteiger partial charge in [-0.05, 0) is 30.3 Å². The number of ether oxygens (including phenoxy) is 2. The highest BCUT2D eigenvalue weighted by molar-refractivity contribution is 6.03. The van der Waals surface area contributed by atoms with Gasteiger partial charge in [-0.15, -0.1) is 0 Å². The lowest BCUT2D eigenvalue weighted by Gasteiger charge is -2.12. The fourth-order valence-corrected chi connectivity index (χ4v) is 2.57. The average molecular weight is 381 g/mol. The second-order valence-electron chi connectivity index (χ2n) is 5.90. The summed E-state index contributed by atoms with van der Waals surface area (Å²) in [5.41, 5.74) is 1.95. The van der Waals surface area contributed by atoms with Gasteiger partial charge in [0.15, 0.2) is 0 Å². The van der Waals surface area contributed by atoms with Crippen LogP contribution in [0.25, 0.3) is 0 Å². The zero-order chi connectivity index (χ0) is 19.9. The summed E-state index contributed by atoms with van der Waals surface area (Å²) in [6, 6.07) is 15.0. The van der Waals surface area contributed by atoms with Crippen LogP contribution in [0.1, 0.15) is 16.1 Å². The van der Waals surface area contributed by atoms with Crippen molar-refractivity contribution < 1.29 is 18.7 Å². The number of nitrogens with zero attached hydrogens (tertiary/aromatic N) is 1. The minimum atomic E-state index is -0.382. The van der Waals surface area contributed by atoms with Gasteiger partial charge in [-0.3, -0.25) is 4.79 Å². The van der Waals surface area contributed by atoms with Gasteiger partial charge in [0.05, 0.1) is 31.8 Å². The van der Waals surface area contributed by atoms with Crippen molar-refractivity contribution in [2.45, 2.75) is 6.54 Å². The molecule has 0 atom stereocenters. The second kappa shape index (κ2) is 8.85. The van der Waals surface area contributed by atoms with Gasteiger partial charge >= 0.3 is 0 Å². The van der Waals surface area contributed by atoms with Crippen molar-refractivity contribution in [3.05, 3.63) is 77.9 Å². The van der Waals surface area contributed by atoms with E-state index in [0.717, 1.165) is 0 Å². The molecule has 0 bridgehead atoms. The topological polar surface area (TPSA) is 72.5 Å². The summed E-state index contributed by atoms with van der Waals surface area (Å²) < 4.78 is 24.1. The fraction of sp³-hybridized carbons (Fsp3) is 0.143. The number of aromatic nitrogens is 1. The van der Waals surface area contributed by atoms with Crippen molar-refractivity contribution in [2.75, 3.05) is 24.9 Å². The Balaban J connectivity index is 1.66. The largest absolute Gasteiger partial charge is 0.497 e. The van der Waals surface area contributed by atoms with Crippen LogP contribution in [-0.4, -0.2) is 25.1 Å². The van der Waals surface area contributed by atoms with E-state index in [0.29, 0.717) is 35.0 Å². The molecule has 1 amide bonds. The van der Waals surface area contributed by atoms with Crippen molar-refractivity contribution >= 4 is 17.3 Å². The first-order valence-corrected chi connectivity index (χ1v) is 8.57. The molecule has 1 heterocycles. The Labute approximate surface area is 162 Å².